The van der Waals surface area contributed by atoms with Crippen molar-refractivity contribution in [3.05, 3.63) is 46.8 Å². The first-order chi connectivity index (χ1) is 13.4. The summed E-state index contributed by atoms with van der Waals surface area (Å²) in [5.41, 5.74) is 1.50. The predicted octanol–water partition coefficient (Wildman–Crippen LogP) is 2.36. The monoisotopic (exact) mass is 390 g/mol. The van der Waals surface area contributed by atoms with E-state index < -0.39 is 11.6 Å². The smallest absolute Gasteiger partial charge is 0.255 e. The molecule has 0 bridgehead atoms. The zero-order chi connectivity index (χ0) is 19.8. The van der Waals surface area contributed by atoms with Crippen LogP contribution in [0, 0.1) is 25.5 Å². The van der Waals surface area contributed by atoms with Gasteiger partial charge in [0.2, 0.25) is 0 Å². The largest absolute Gasteiger partial charge is 0.373 e. The number of ether oxygens (including phenoxy) is 1. The lowest BCUT2D eigenvalue weighted by Gasteiger charge is -2.35. The molecule has 0 aliphatic carbocycles. The number of benzene rings is 1. The Balaban J connectivity index is 1.46. The number of aromatic nitrogens is 2. The number of rotatable bonds is 4. The molecule has 3 heterocycles. The van der Waals surface area contributed by atoms with E-state index in [0.717, 1.165) is 19.2 Å². The summed E-state index contributed by atoms with van der Waals surface area (Å²) in [6, 6.07) is 3.80. The lowest BCUT2D eigenvalue weighted by Crippen LogP contribution is -2.50. The van der Waals surface area contributed by atoms with E-state index in [4.69, 9.17) is 4.74 Å². The topological polar surface area (TPSA) is 59.4 Å². The Kier molecular flexibility index (Phi) is 5.16. The highest BCUT2D eigenvalue weighted by Gasteiger charge is 2.32. The van der Waals surface area contributed by atoms with Crippen LogP contribution in [0.1, 0.15) is 34.6 Å². The van der Waals surface area contributed by atoms with Gasteiger partial charge in [0.1, 0.15) is 11.5 Å². The van der Waals surface area contributed by atoms with Gasteiger partial charge in [0.05, 0.1) is 29.7 Å². The molecule has 0 radical (unpaired) electrons. The number of fused-ring (bicyclic) bond motifs is 1. The minimum atomic E-state index is -0.728. The van der Waals surface area contributed by atoms with Crippen molar-refractivity contribution in [3.8, 4) is 5.69 Å². The van der Waals surface area contributed by atoms with Gasteiger partial charge in [-0.3, -0.25) is 9.69 Å². The first-order valence-electron chi connectivity index (χ1n) is 9.59. The molecular formula is C20H24F2N4O2. The van der Waals surface area contributed by atoms with Crippen LogP contribution in [0.3, 0.4) is 0 Å². The molecule has 1 aromatic carbocycles. The molecule has 0 spiro atoms. The van der Waals surface area contributed by atoms with Gasteiger partial charge in [-0.1, -0.05) is 0 Å². The maximum Gasteiger partial charge on any atom is 0.255 e. The van der Waals surface area contributed by atoms with Crippen molar-refractivity contribution >= 4 is 5.91 Å². The highest BCUT2D eigenvalue weighted by atomic mass is 19.1. The van der Waals surface area contributed by atoms with Gasteiger partial charge in [-0.15, -0.1) is 0 Å². The number of amides is 1. The summed E-state index contributed by atoms with van der Waals surface area (Å²) in [6.07, 6.45) is 2.34. The normalized spacial score (nSPS) is 22.3. The van der Waals surface area contributed by atoms with E-state index in [2.05, 4.69) is 15.3 Å². The molecule has 2 aliphatic rings. The summed E-state index contributed by atoms with van der Waals surface area (Å²) in [7, 11) is 0. The summed E-state index contributed by atoms with van der Waals surface area (Å²) in [5, 5.41) is 7.21. The number of carbonyl (C=O) groups excluding carboxylic acids is 1. The third-order valence-electron chi connectivity index (χ3n) is 5.61. The molecule has 8 heteroatoms. The van der Waals surface area contributed by atoms with Gasteiger partial charge in [-0.2, -0.15) is 5.10 Å². The standard InChI is InChI=1S/C20H24F2N4O2/c1-12-19(13(2)26(24-12)18-6-5-14(21)8-17(18)22)20(27)23-9-16-10-25-7-3-4-15(25)11-28-16/h5-6,8,15-16H,3-4,7,9-11H2,1-2H3,(H,23,27)/t15-,16-/m0/s1. The fourth-order valence-corrected chi connectivity index (χ4v) is 4.16. The summed E-state index contributed by atoms with van der Waals surface area (Å²) in [5.74, 6) is -1.65. The number of nitrogens with zero attached hydrogens (tertiary/aromatic N) is 3. The molecule has 6 nitrogen and oxygen atoms in total. The number of hydrogen-bond donors (Lipinski definition) is 1. The van der Waals surface area contributed by atoms with Crippen LogP contribution in [0.15, 0.2) is 18.2 Å². The molecule has 2 fully saturated rings. The molecule has 0 unspecified atom stereocenters. The molecule has 0 saturated carbocycles. The van der Waals surface area contributed by atoms with E-state index in [0.29, 0.717) is 36.1 Å². The maximum atomic E-state index is 14.1. The summed E-state index contributed by atoms with van der Waals surface area (Å²) < 4.78 is 34.5. The van der Waals surface area contributed by atoms with E-state index >= 15 is 0 Å². The minimum Gasteiger partial charge on any atom is -0.373 e. The van der Waals surface area contributed by atoms with Crippen LogP contribution in [0.2, 0.25) is 0 Å². The molecule has 2 aromatic rings. The SMILES string of the molecule is Cc1nn(-c2ccc(F)cc2F)c(C)c1C(=O)NC[C@H]1CN2CCC[C@H]2CO1. The van der Waals surface area contributed by atoms with Crippen molar-refractivity contribution in [1.29, 1.82) is 0 Å². The zero-order valence-electron chi connectivity index (χ0n) is 16.0. The maximum absolute atomic E-state index is 14.1. The van der Waals surface area contributed by atoms with Crippen LogP contribution >= 0.6 is 0 Å². The summed E-state index contributed by atoms with van der Waals surface area (Å²) in [4.78, 5) is 15.2. The van der Waals surface area contributed by atoms with Gasteiger partial charge in [0.25, 0.3) is 5.91 Å². The van der Waals surface area contributed by atoms with Gasteiger partial charge >= 0.3 is 0 Å². The van der Waals surface area contributed by atoms with E-state index in [1.165, 1.54) is 29.7 Å². The van der Waals surface area contributed by atoms with Crippen LogP contribution < -0.4 is 5.32 Å². The molecule has 2 saturated heterocycles. The second-order valence-electron chi connectivity index (χ2n) is 7.51. The van der Waals surface area contributed by atoms with Crippen LogP contribution in [-0.4, -0.2) is 59.0 Å². The Hall–Kier alpha value is -2.32. The number of aryl methyl sites for hydroxylation is 1. The van der Waals surface area contributed by atoms with Crippen molar-refractivity contribution in [1.82, 2.24) is 20.0 Å². The molecule has 2 atom stereocenters. The number of carbonyl (C=O) groups is 1. The molecule has 2 aliphatic heterocycles. The third-order valence-corrected chi connectivity index (χ3v) is 5.61. The van der Waals surface area contributed by atoms with E-state index in [-0.39, 0.29) is 17.7 Å². The molecule has 28 heavy (non-hydrogen) atoms. The summed E-state index contributed by atoms with van der Waals surface area (Å²) >= 11 is 0. The third kappa shape index (κ3) is 3.54. The molecule has 1 amide bonds. The second kappa shape index (κ2) is 7.60. The number of halogens is 2. The van der Waals surface area contributed by atoms with Crippen LogP contribution in [0.4, 0.5) is 8.78 Å². The minimum absolute atomic E-state index is 0.0384. The quantitative estimate of drug-likeness (QED) is 0.871. The van der Waals surface area contributed by atoms with Crippen molar-refractivity contribution in [2.75, 3.05) is 26.2 Å². The van der Waals surface area contributed by atoms with E-state index in [1.54, 1.807) is 13.8 Å². The fraction of sp³-hybridized carbons (Fsp3) is 0.500. The number of hydrogen-bond acceptors (Lipinski definition) is 4. The molecule has 1 N–H and O–H groups in total. The Morgan fingerprint density at radius 2 is 2.18 bits per heavy atom. The van der Waals surface area contributed by atoms with Crippen LogP contribution in [0.5, 0.6) is 0 Å². The van der Waals surface area contributed by atoms with Gasteiger partial charge in [0.15, 0.2) is 5.82 Å². The first kappa shape index (κ1) is 19.0. The van der Waals surface area contributed by atoms with Crippen molar-refractivity contribution < 1.29 is 18.3 Å². The fourth-order valence-electron chi connectivity index (χ4n) is 4.16. The molecular weight excluding hydrogens is 366 g/mol. The summed E-state index contributed by atoms with van der Waals surface area (Å²) in [6.45, 7) is 6.43. The Morgan fingerprint density at radius 1 is 1.36 bits per heavy atom. The van der Waals surface area contributed by atoms with Gasteiger partial charge in [0, 0.05) is 25.2 Å². The first-order valence-corrected chi connectivity index (χ1v) is 9.59. The van der Waals surface area contributed by atoms with E-state index in [9.17, 15) is 13.6 Å². The Bertz CT molecular complexity index is 899. The number of morpholine rings is 1. The van der Waals surface area contributed by atoms with Crippen molar-refractivity contribution in [2.45, 2.75) is 38.8 Å². The second-order valence-corrected chi connectivity index (χ2v) is 7.51. The highest BCUT2D eigenvalue weighted by Crippen LogP contribution is 2.23. The average Bonchev–Trinajstić information content (AvgIpc) is 3.23. The number of nitrogens with one attached hydrogen (secondary N) is 1. The molecule has 150 valence electrons. The highest BCUT2D eigenvalue weighted by molar-refractivity contribution is 5.96. The molecule has 1 aromatic heterocycles. The van der Waals surface area contributed by atoms with Crippen LogP contribution in [-0.2, 0) is 4.74 Å². The van der Waals surface area contributed by atoms with E-state index in [1.807, 2.05) is 0 Å². The van der Waals surface area contributed by atoms with Gasteiger partial charge < -0.3 is 10.1 Å². The van der Waals surface area contributed by atoms with Crippen molar-refractivity contribution in [2.24, 2.45) is 0 Å². The van der Waals surface area contributed by atoms with Crippen molar-refractivity contribution in [3.63, 3.8) is 0 Å². The zero-order valence-corrected chi connectivity index (χ0v) is 16.0. The Labute approximate surface area is 162 Å². The predicted molar refractivity (Wildman–Crippen MR) is 99.6 cm³/mol. The lowest BCUT2D eigenvalue weighted by molar-refractivity contribution is -0.0461. The average molecular weight is 390 g/mol. The van der Waals surface area contributed by atoms with Crippen LogP contribution in [0.25, 0.3) is 5.69 Å². The Morgan fingerprint density at radius 3 is 2.96 bits per heavy atom. The molecule has 4 rings (SSSR count). The lowest BCUT2D eigenvalue weighted by atomic mass is 10.1. The van der Waals surface area contributed by atoms with Gasteiger partial charge in [-0.25, -0.2) is 13.5 Å². The van der Waals surface area contributed by atoms with Gasteiger partial charge in [-0.05, 0) is 45.4 Å².